The van der Waals surface area contributed by atoms with Crippen LogP contribution in [0.2, 0.25) is 0 Å². The van der Waals surface area contributed by atoms with Crippen LogP contribution in [0.3, 0.4) is 0 Å². The summed E-state index contributed by atoms with van der Waals surface area (Å²) in [6, 6.07) is -2.01. The van der Waals surface area contributed by atoms with Gasteiger partial charge in [-0.3, -0.25) is 19.2 Å². The fraction of sp³-hybridized carbons (Fsp3) is 0.891. The maximum absolute atomic E-state index is 13.4. The second kappa shape index (κ2) is 37.9. The zero-order valence-corrected chi connectivity index (χ0v) is 37.0. The molecule has 328 valence electrons. The van der Waals surface area contributed by atoms with Gasteiger partial charge < -0.3 is 24.8 Å². The van der Waals surface area contributed by atoms with Crippen molar-refractivity contribution in [2.45, 2.75) is 245 Å². The first-order valence-electron chi connectivity index (χ1n) is 23.0. The monoisotopic (exact) mass is 795 g/mol. The third-order valence-corrected chi connectivity index (χ3v) is 10.8. The quantitative estimate of drug-likeness (QED) is 0.0356. The number of hydrogen-bond acceptors (Lipinski definition) is 8. The Morgan fingerprint density at radius 2 is 0.911 bits per heavy atom. The van der Waals surface area contributed by atoms with Crippen LogP contribution >= 0.6 is 0 Å². The highest BCUT2D eigenvalue weighted by Crippen LogP contribution is 2.18. The molecule has 0 fully saturated rings. The molecule has 0 aliphatic heterocycles. The molecule has 2 amide bonds. The van der Waals surface area contributed by atoms with Gasteiger partial charge in [0.2, 0.25) is 11.8 Å². The summed E-state index contributed by atoms with van der Waals surface area (Å²) in [5.74, 6) is -2.72. The molecule has 0 aliphatic carbocycles. The second-order valence-electron chi connectivity index (χ2n) is 16.3. The van der Waals surface area contributed by atoms with Crippen molar-refractivity contribution in [2.75, 3.05) is 14.2 Å². The molecule has 0 radical (unpaired) electrons. The van der Waals surface area contributed by atoms with Gasteiger partial charge in [0.25, 0.3) is 0 Å². The number of methoxy groups -OCH3 is 2. The fourth-order valence-electron chi connectivity index (χ4n) is 7.12. The van der Waals surface area contributed by atoms with Gasteiger partial charge in [-0.2, -0.15) is 0 Å². The van der Waals surface area contributed by atoms with E-state index in [1.165, 1.54) is 143 Å². The van der Waals surface area contributed by atoms with E-state index in [0.29, 0.717) is 12.8 Å². The average Bonchev–Trinajstić information content (AvgIpc) is 3.18. The van der Waals surface area contributed by atoms with Gasteiger partial charge in [0.15, 0.2) is 0 Å². The lowest BCUT2D eigenvalue weighted by Gasteiger charge is -2.25. The summed E-state index contributed by atoms with van der Waals surface area (Å²) in [4.78, 5) is 63.7. The average molecular weight is 795 g/mol. The van der Waals surface area contributed by atoms with Gasteiger partial charge in [-0.05, 0) is 31.6 Å². The van der Waals surface area contributed by atoms with Crippen LogP contribution in [0.4, 0.5) is 0 Å². The highest BCUT2D eigenvalue weighted by atomic mass is 16.5. The molecule has 0 rings (SSSR count). The second-order valence-corrected chi connectivity index (χ2v) is 16.3. The first kappa shape index (κ1) is 53.4. The summed E-state index contributed by atoms with van der Waals surface area (Å²) in [5, 5.41) is 5.45. The smallest absolute Gasteiger partial charge is 0.328 e. The third-order valence-electron chi connectivity index (χ3n) is 10.8. The lowest BCUT2D eigenvalue weighted by atomic mass is 10.0. The summed E-state index contributed by atoms with van der Waals surface area (Å²) in [6.07, 6.45) is 32.3. The lowest BCUT2D eigenvalue weighted by molar-refractivity contribution is -0.151. The predicted molar refractivity (Wildman–Crippen MR) is 227 cm³/mol. The molecule has 10 heteroatoms. The van der Waals surface area contributed by atoms with Crippen molar-refractivity contribution < 1.29 is 38.2 Å². The van der Waals surface area contributed by atoms with Crippen LogP contribution in [-0.4, -0.2) is 62.1 Å². The minimum Gasteiger partial charge on any atom is -0.469 e. The molecule has 1 unspecified atom stereocenters. The number of rotatable bonds is 39. The molecule has 0 bridgehead atoms. The van der Waals surface area contributed by atoms with Crippen molar-refractivity contribution in [3.8, 4) is 0 Å². The number of hydrogen-bond donors (Lipinski definition) is 2. The summed E-state index contributed by atoms with van der Waals surface area (Å²) in [5.41, 5.74) is 0. The number of ether oxygens (including phenoxy) is 3. The van der Waals surface area contributed by atoms with Gasteiger partial charge >= 0.3 is 17.9 Å². The van der Waals surface area contributed by atoms with Crippen molar-refractivity contribution in [3.63, 3.8) is 0 Å². The van der Waals surface area contributed by atoms with Crippen molar-refractivity contribution in [1.29, 1.82) is 0 Å². The molecule has 0 aliphatic rings. The van der Waals surface area contributed by atoms with E-state index in [1.54, 1.807) is 13.8 Å². The zero-order chi connectivity index (χ0) is 41.7. The van der Waals surface area contributed by atoms with Crippen LogP contribution in [0.15, 0.2) is 0 Å². The van der Waals surface area contributed by atoms with Crippen LogP contribution in [-0.2, 0) is 38.2 Å². The van der Waals surface area contributed by atoms with E-state index in [9.17, 15) is 24.0 Å². The van der Waals surface area contributed by atoms with Crippen LogP contribution in [0.1, 0.15) is 227 Å². The summed E-state index contributed by atoms with van der Waals surface area (Å²) < 4.78 is 15.4. The zero-order valence-electron chi connectivity index (χ0n) is 37.0. The molecule has 0 saturated carbocycles. The van der Waals surface area contributed by atoms with Gasteiger partial charge in [0, 0.05) is 12.8 Å². The largest absolute Gasteiger partial charge is 0.469 e. The Balaban J connectivity index is 4.97. The van der Waals surface area contributed by atoms with E-state index in [4.69, 9.17) is 9.47 Å². The molecule has 0 aromatic heterocycles. The summed E-state index contributed by atoms with van der Waals surface area (Å²) in [6.45, 7) is 8.10. The molecule has 10 nitrogen and oxygen atoms in total. The van der Waals surface area contributed by atoms with Crippen molar-refractivity contribution in [2.24, 2.45) is 5.92 Å². The SMILES string of the molecule is CCCCCCCCCCCCCCCC(=O)OC(CCCCCCCCCCCCCCC)CC(=O)N[C@H](C(=O)N[C@@H](CCC(=O)OC)C(=O)OC)C(C)C. The normalized spacial score (nSPS) is 12.8. The maximum atomic E-state index is 13.4. The predicted octanol–water partition coefficient (Wildman–Crippen LogP) is 11.0. The van der Waals surface area contributed by atoms with Gasteiger partial charge in [-0.1, -0.05) is 182 Å². The Bertz CT molecular complexity index is 1000. The van der Waals surface area contributed by atoms with Gasteiger partial charge in [0.05, 0.1) is 20.6 Å². The van der Waals surface area contributed by atoms with Crippen molar-refractivity contribution in [1.82, 2.24) is 10.6 Å². The third kappa shape index (κ3) is 31.4. The molecule has 0 aromatic rings. The maximum Gasteiger partial charge on any atom is 0.328 e. The van der Waals surface area contributed by atoms with E-state index in [2.05, 4.69) is 29.2 Å². The van der Waals surface area contributed by atoms with E-state index in [0.717, 1.165) is 38.5 Å². The topological polar surface area (TPSA) is 137 Å². The highest BCUT2D eigenvalue weighted by Gasteiger charge is 2.30. The number of unbranched alkanes of at least 4 members (excludes halogenated alkanes) is 24. The molecular weight excluding hydrogens is 709 g/mol. The summed E-state index contributed by atoms with van der Waals surface area (Å²) >= 11 is 0. The molecule has 0 heterocycles. The Morgan fingerprint density at radius 1 is 0.482 bits per heavy atom. The Kier molecular flexibility index (Phi) is 36.1. The molecule has 56 heavy (non-hydrogen) atoms. The Hall–Kier alpha value is -2.65. The minimum atomic E-state index is -1.07. The van der Waals surface area contributed by atoms with Crippen LogP contribution in [0.25, 0.3) is 0 Å². The Morgan fingerprint density at radius 3 is 1.32 bits per heavy atom. The number of carbonyl (C=O) groups is 5. The number of nitrogens with one attached hydrogen (secondary N) is 2. The van der Waals surface area contributed by atoms with E-state index in [1.807, 2.05) is 0 Å². The highest BCUT2D eigenvalue weighted by molar-refractivity contribution is 5.91. The van der Waals surface area contributed by atoms with Gasteiger partial charge in [-0.25, -0.2) is 4.79 Å². The molecular formula is C46H86N2O8. The standard InChI is InChI=1S/C46H86N2O8/c1-7-9-11-13-15-17-19-21-23-25-27-29-31-33-39(56-43(51)34-32-30-28-26-24-22-20-18-16-14-12-10-8-2)37-41(49)48-44(38(3)4)45(52)47-40(46(53)55-6)35-36-42(50)54-5/h38-40,44H,7-37H2,1-6H3,(H,47,52)(H,48,49)/t39?,40-,44-/m0/s1. The number of amides is 2. The van der Waals surface area contributed by atoms with Gasteiger partial charge in [-0.15, -0.1) is 0 Å². The van der Waals surface area contributed by atoms with Crippen molar-refractivity contribution in [3.05, 3.63) is 0 Å². The summed E-state index contributed by atoms with van der Waals surface area (Å²) in [7, 11) is 2.46. The first-order valence-corrected chi connectivity index (χ1v) is 23.0. The van der Waals surface area contributed by atoms with Crippen molar-refractivity contribution >= 4 is 29.7 Å². The molecule has 0 saturated heterocycles. The lowest BCUT2D eigenvalue weighted by Crippen LogP contribution is -2.54. The van der Waals surface area contributed by atoms with Crippen LogP contribution < -0.4 is 10.6 Å². The van der Waals surface area contributed by atoms with Gasteiger partial charge in [0.1, 0.15) is 18.2 Å². The van der Waals surface area contributed by atoms with Crippen LogP contribution in [0, 0.1) is 5.92 Å². The number of carbonyl (C=O) groups excluding carboxylic acids is 5. The fourth-order valence-corrected chi connectivity index (χ4v) is 7.12. The van der Waals surface area contributed by atoms with E-state index >= 15 is 0 Å². The Labute approximate surface area is 342 Å². The molecule has 3 atom stereocenters. The molecule has 2 N–H and O–H groups in total. The van der Waals surface area contributed by atoms with Crippen LogP contribution in [0.5, 0.6) is 0 Å². The van der Waals surface area contributed by atoms with E-state index in [-0.39, 0.29) is 31.1 Å². The first-order chi connectivity index (χ1) is 27.1. The molecule has 0 aromatic carbocycles. The minimum absolute atomic E-state index is 0.000251. The molecule has 0 spiro atoms. The van der Waals surface area contributed by atoms with E-state index < -0.39 is 41.9 Å². The number of esters is 3.